The van der Waals surface area contributed by atoms with Crippen molar-refractivity contribution in [3.8, 4) is 5.69 Å². The van der Waals surface area contributed by atoms with E-state index < -0.39 is 0 Å². The Hall–Kier alpha value is -3.23. The normalized spacial score (nSPS) is 17.7. The first kappa shape index (κ1) is 23.9. The molecule has 1 saturated heterocycles. The number of aromatic nitrogens is 2. The van der Waals surface area contributed by atoms with Gasteiger partial charge in [0.2, 0.25) is 5.91 Å². The van der Waals surface area contributed by atoms with Crippen LogP contribution in [0.5, 0.6) is 0 Å². The summed E-state index contributed by atoms with van der Waals surface area (Å²) in [6, 6.07) is 6.05. The van der Waals surface area contributed by atoms with Gasteiger partial charge in [0.1, 0.15) is 5.82 Å². The van der Waals surface area contributed by atoms with E-state index in [4.69, 9.17) is 4.74 Å². The molecule has 4 rings (SSSR count). The second-order valence-corrected chi connectivity index (χ2v) is 8.96. The van der Waals surface area contributed by atoms with Gasteiger partial charge in [-0.3, -0.25) is 14.4 Å². The third kappa shape index (κ3) is 4.98. The molecule has 1 aliphatic carbocycles. The van der Waals surface area contributed by atoms with Gasteiger partial charge in [-0.1, -0.05) is 0 Å². The highest BCUT2D eigenvalue weighted by atomic mass is 19.1. The Kier molecular flexibility index (Phi) is 7.29. The van der Waals surface area contributed by atoms with Gasteiger partial charge in [-0.2, -0.15) is 5.10 Å². The predicted molar refractivity (Wildman–Crippen MR) is 123 cm³/mol. The molecule has 0 saturated carbocycles. The first-order valence-electron chi connectivity index (χ1n) is 12.0. The van der Waals surface area contributed by atoms with Gasteiger partial charge in [0.25, 0.3) is 5.91 Å². The van der Waals surface area contributed by atoms with Crippen molar-refractivity contribution in [2.75, 3.05) is 33.3 Å². The number of carbonyl (C=O) groups excluding carboxylic acids is 3. The quantitative estimate of drug-likeness (QED) is 0.606. The lowest BCUT2D eigenvalue weighted by Gasteiger charge is -2.32. The van der Waals surface area contributed by atoms with Crippen LogP contribution < -0.4 is 0 Å². The first-order valence-corrected chi connectivity index (χ1v) is 12.0. The summed E-state index contributed by atoms with van der Waals surface area (Å²) in [4.78, 5) is 41.4. The van der Waals surface area contributed by atoms with E-state index in [1.165, 1.54) is 17.0 Å². The highest BCUT2D eigenvalue weighted by molar-refractivity contribution is 5.96. The van der Waals surface area contributed by atoms with Crippen LogP contribution in [0.3, 0.4) is 0 Å². The number of likely N-dealkylation sites (N-methyl/N-ethyl adjacent to an activating group) is 1. The molecular weight excluding hydrogens is 439 g/mol. The second kappa shape index (κ2) is 10.4. The number of esters is 1. The van der Waals surface area contributed by atoms with Crippen molar-refractivity contribution in [3.63, 3.8) is 0 Å². The van der Waals surface area contributed by atoms with Gasteiger partial charge in [0.15, 0.2) is 5.69 Å². The summed E-state index contributed by atoms with van der Waals surface area (Å²) in [6.45, 7) is 2.86. The SMILES string of the molecule is CCOC(=O)C1CCCN(C(=O)CN(C)C(=O)c2nn(-c3ccc(F)cc3)c3c2CCCC3)C1. The molecule has 9 heteroatoms. The minimum atomic E-state index is -0.331. The summed E-state index contributed by atoms with van der Waals surface area (Å²) in [6.07, 6.45) is 4.92. The molecule has 1 fully saturated rings. The molecule has 2 aliphatic rings. The Morgan fingerprint density at radius 1 is 1.15 bits per heavy atom. The third-order valence-corrected chi connectivity index (χ3v) is 6.57. The highest BCUT2D eigenvalue weighted by Gasteiger charge is 2.32. The molecule has 0 radical (unpaired) electrons. The maximum absolute atomic E-state index is 13.4. The number of fused-ring (bicyclic) bond motifs is 1. The van der Waals surface area contributed by atoms with E-state index >= 15 is 0 Å². The molecule has 0 N–H and O–H groups in total. The van der Waals surface area contributed by atoms with Crippen molar-refractivity contribution in [2.45, 2.75) is 45.4 Å². The minimum Gasteiger partial charge on any atom is -0.466 e. The number of piperidine rings is 1. The van der Waals surface area contributed by atoms with Crippen molar-refractivity contribution >= 4 is 17.8 Å². The lowest BCUT2D eigenvalue weighted by Crippen LogP contribution is -2.47. The number of hydrogen-bond donors (Lipinski definition) is 0. The van der Waals surface area contributed by atoms with E-state index in [1.54, 1.807) is 35.7 Å². The van der Waals surface area contributed by atoms with Crippen molar-refractivity contribution in [2.24, 2.45) is 5.92 Å². The van der Waals surface area contributed by atoms with Crippen LogP contribution in [-0.2, 0) is 27.2 Å². The average molecular weight is 471 g/mol. The molecule has 1 unspecified atom stereocenters. The Bertz CT molecular complexity index is 1070. The van der Waals surface area contributed by atoms with Crippen LogP contribution >= 0.6 is 0 Å². The van der Waals surface area contributed by atoms with E-state index in [2.05, 4.69) is 5.10 Å². The van der Waals surface area contributed by atoms with Gasteiger partial charge >= 0.3 is 5.97 Å². The zero-order chi connectivity index (χ0) is 24.2. The highest BCUT2D eigenvalue weighted by Crippen LogP contribution is 2.28. The smallest absolute Gasteiger partial charge is 0.310 e. The van der Waals surface area contributed by atoms with Crippen LogP contribution in [0, 0.1) is 11.7 Å². The summed E-state index contributed by atoms with van der Waals surface area (Å²) in [7, 11) is 1.60. The fourth-order valence-corrected chi connectivity index (χ4v) is 4.78. The number of rotatable bonds is 6. The molecule has 1 atom stereocenters. The van der Waals surface area contributed by atoms with Crippen LogP contribution in [0.1, 0.15) is 54.4 Å². The standard InChI is InChI=1S/C25H31FN4O4/c1-3-34-25(33)17-7-6-14-29(15-17)22(31)16-28(2)24(32)23-20-8-4-5-9-21(20)30(27-23)19-12-10-18(26)11-13-19/h10-13,17H,3-9,14-16H2,1-2H3. The van der Waals surface area contributed by atoms with Crippen molar-refractivity contribution < 1.29 is 23.5 Å². The molecule has 1 aliphatic heterocycles. The Morgan fingerprint density at radius 2 is 1.88 bits per heavy atom. The number of amides is 2. The summed E-state index contributed by atoms with van der Waals surface area (Å²) in [5.74, 6) is -1.44. The van der Waals surface area contributed by atoms with Crippen LogP contribution in [0.2, 0.25) is 0 Å². The van der Waals surface area contributed by atoms with Crippen LogP contribution in [-0.4, -0.2) is 70.7 Å². The summed E-state index contributed by atoms with van der Waals surface area (Å²) < 4.78 is 20.3. The van der Waals surface area contributed by atoms with Crippen molar-refractivity contribution in [1.82, 2.24) is 19.6 Å². The van der Waals surface area contributed by atoms with Gasteiger partial charge in [-0.05, 0) is 69.7 Å². The van der Waals surface area contributed by atoms with Gasteiger partial charge in [-0.15, -0.1) is 0 Å². The first-order chi connectivity index (χ1) is 16.4. The summed E-state index contributed by atoms with van der Waals surface area (Å²) >= 11 is 0. The number of hydrogen-bond acceptors (Lipinski definition) is 5. The zero-order valence-corrected chi connectivity index (χ0v) is 19.8. The molecular formula is C25H31FN4O4. The molecule has 182 valence electrons. The molecule has 2 aromatic rings. The van der Waals surface area contributed by atoms with E-state index in [0.717, 1.165) is 43.4 Å². The number of halogens is 1. The molecule has 2 amide bonds. The second-order valence-electron chi connectivity index (χ2n) is 8.96. The fraction of sp³-hybridized carbons (Fsp3) is 0.520. The molecule has 1 aromatic heterocycles. The summed E-state index contributed by atoms with van der Waals surface area (Å²) in [5.41, 5.74) is 2.92. The lowest BCUT2D eigenvalue weighted by atomic mass is 9.95. The molecule has 1 aromatic carbocycles. The lowest BCUT2D eigenvalue weighted by molar-refractivity contribution is -0.151. The maximum atomic E-state index is 13.4. The van der Waals surface area contributed by atoms with E-state index in [0.29, 0.717) is 37.5 Å². The maximum Gasteiger partial charge on any atom is 0.310 e. The van der Waals surface area contributed by atoms with Crippen LogP contribution in [0.4, 0.5) is 4.39 Å². The van der Waals surface area contributed by atoms with Crippen LogP contribution in [0.25, 0.3) is 5.69 Å². The van der Waals surface area contributed by atoms with Crippen molar-refractivity contribution in [3.05, 3.63) is 47.0 Å². The number of carbonyl (C=O) groups is 3. The zero-order valence-electron chi connectivity index (χ0n) is 19.8. The molecule has 2 heterocycles. The van der Waals surface area contributed by atoms with Gasteiger partial charge in [-0.25, -0.2) is 9.07 Å². The number of likely N-dealkylation sites (tertiary alicyclic amines) is 1. The Morgan fingerprint density at radius 3 is 2.62 bits per heavy atom. The van der Waals surface area contributed by atoms with Crippen molar-refractivity contribution in [1.29, 1.82) is 0 Å². The van der Waals surface area contributed by atoms with E-state index in [1.807, 2.05) is 0 Å². The van der Waals surface area contributed by atoms with E-state index in [-0.39, 0.29) is 36.1 Å². The minimum absolute atomic E-state index is 0.0907. The number of benzene rings is 1. The number of nitrogens with zero attached hydrogens (tertiary/aromatic N) is 4. The Labute approximate surface area is 198 Å². The van der Waals surface area contributed by atoms with Crippen LogP contribution in [0.15, 0.2) is 24.3 Å². The Balaban J connectivity index is 1.49. The molecule has 8 nitrogen and oxygen atoms in total. The number of ether oxygens (including phenoxy) is 1. The topological polar surface area (TPSA) is 84.7 Å². The third-order valence-electron chi connectivity index (χ3n) is 6.57. The summed E-state index contributed by atoms with van der Waals surface area (Å²) in [5, 5.41) is 4.61. The molecule has 0 bridgehead atoms. The van der Waals surface area contributed by atoms with Gasteiger partial charge < -0.3 is 14.5 Å². The molecule has 34 heavy (non-hydrogen) atoms. The monoisotopic (exact) mass is 470 g/mol. The largest absolute Gasteiger partial charge is 0.466 e. The molecule has 0 spiro atoms. The van der Waals surface area contributed by atoms with Gasteiger partial charge in [0.05, 0.1) is 24.8 Å². The fourth-order valence-electron chi connectivity index (χ4n) is 4.78. The van der Waals surface area contributed by atoms with E-state index in [9.17, 15) is 18.8 Å². The predicted octanol–water partition coefficient (Wildman–Crippen LogP) is 2.76. The average Bonchev–Trinajstić information content (AvgIpc) is 3.24. The van der Waals surface area contributed by atoms with Gasteiger partial charge in [0, 0.05) is 31.4 Å².